The van der Waals surface area contributed by atoms with E-state index in [0.29, 0.717) is 17.7 Å². The van der Waals surface area contributed by atoms with Gasteiger partial charge in [0.2, 0.25) is 5.91 Å². The van der Waals surface area contributed by atoms with Gasteiger partial charge in [0.05, 0.1) is 18.1 Å². The molecule has 1 aromatic heterocycles. The molecule has 3 aliphatic heterocycles. The Morgan fingerprint density at radius 2 is 1.72 bits per heavy atom. The van der Waals surface area contributed by atoms with Crippen LogP contribution in [0.4, 0.5) is 5.82 Å². The molecule has 3 saturated heterocycles. The van der Waals surface area contributed by atoms with Gasteiger partial charge in [0, 0.05) is 62.8 Å². The third-order valence-corrected chi connectivity index (χ3v) is 6.77. The predicted octanol–water partition coefficient (Wildman–Crippen LogP) is 2.79. The summed E-state index contributed by atoms with van der Waals surface area (Å²) in [4.78, 5) is 28.0. The Morgan fingerprint density at radius 3 is 2.34 bits per heavy atom. The lowest BCUT2D eigenvalue weighted by molar-refractivity contribution is -0.127. The van der Waals surface area contributed by atoms with Crippen molar-refractivity contribution in [1.82, 2.24) is 19.8 Å². The van der Waals surface area contributed by atoms with Crippen molar-refractivity contribution in [3.8, 4) is 11.3 Å². The van der Waals surface area contributed by atoms with E-state index < -0.39 is 0 Å². The number of carbonyl (C=O) groups excluding carboxylic acids is 1. The summed E-state index contributed by atoms with van der Waals surface area (Å²) in [5.74, 6) is 2.66. The maximum atomic E-state index is 11.8. The molecule has 1 aromatic carbocycles. The molecular formula is C22H26ClN5O. The number of hydrogen-bond donors (Lipinski definition) is 0. The fourth-order valence-corrected chi connectivity index (χ4v) is 5.04. The topological polar surface area (TPSA) is 52.6 Å². The van der Waals surface area contributed by atoms with Crippen LogP contribution < -0.4 is 4.90 Å². The molecule has 1 amide bonds. The first-order valence-electron chi connectivity index (χ1n) is 10.5. The average molecular weight is 412 g/mol. The van der Waals surface area contributed by atoms with Crippen LogP contribution in [-0.2, 0) is 4.79 Å². The maximum absolute atomic E-state index is 11.8. The van der Waals surface area contributed by atoms with Crippen LogP contribution in [0.5, 0.6) is 0 Å². The second kappa shape index (κ2) is 7.92. The van der Waals surface area contributed by atoms with E-state index in [-0.39, 0.29) is 0 Å². The van der Waals surface area contributed by atoms with E-state index in [1.807, 2.05) is 41.6 Å². The van der Waals surface area contributed by atoms with Crippen molar-refractivity contribution in [2.75, 3.05) is 50.7 Å². The number of halogens is 1. The highest BCUT2D eigenvalue weighted by Gasteiger charge is 2.40. The van der Waals surface area contributed by atoms with Crippen molar-refractivity contribution in [3.05, 3.63) is 41.7 Å². The standard InChI is InChI=1S/C22H26ClN5O/c23-19-5-3-16(4-6-19)20-10-25-21(11-24-20)28-14-17-12-26(13-18(17)15-28)8-9-27-7-1-2-22(27)29/h3-6,10-11,17-18H,1-2,7-9,12-15H2. The highest BCUT2D eigenvalue weighted by atomic mass is 35.5. The molecule has 0 saturated carbocycles. The fraction of sp³-hybridized carbons (Fsp3) is 0.500. The van der Waals surface area contributed by atoms with Crippen LogP contribution in [0.25, 0.3) is 11.3 Å². The van der Waals surface area contributed by atoms with E-state index in [1.54, 1.807) is 0 Å². The molecule has 3 fully saturated rings. The first-order chi connectivity index (χ1) is 14.2. The lowest BCUT2D eigenvalue weighted by Crippen LogP contribution is -2.36. The van der Waals surface area contributed by atoms with Crippen molar-refractivity contribution in [1.29, 1.82) is 0 Å². The summed E-state index contributed by atoms with van der Waals surface area (Å²) in [5.41, 5.74) is 1.89. The molecule has 152 valence electrons. The van der Waals surface area contributed by atoms with E-state index in [9.17, 15) is 4.79 Å². The highest BCUT2D eigenvalue weighted by molar-refractivity contribution is 6.30. The van der Waals surface area contributed by atoms with Crippen LogP contribution in [0, 0.1) is 11.8 Å². The zero-order valence-corrected chi connectivity index (χ0v) is 17.3. The number of amides is 1. The molecule has 3 aliphatic rings. The number of carbonyl (C=O) groups is 1. The summed E-state index contributed by atoms with van der Waals surface area (Å²) in [6.07, 6.45) is 5.50. The van der Waals surface area contributed by atoms with Crippen LogP contribution in [0.2, 0.25) is 5.02 Å². The Balaban J connectivity index is 1.15. The number of nitrogens with zero attached hydrogens (tertiary/aromatic N) is 5. The van der Waals surface area contributed by atoms with Gasteiger partial charge in [-0.05, 0) is 30.4 Å². The Kier molecular flexibility index (Phi) is 5.14. The van der Waals surface area contributed by atoms with Gasteiger partial charge in [-0.25, -0.2) is 4.98 Å². The summed E-state index contributed by atoms with van der Waals surface area (Å²) in [5, 5.41) is 0.725. The Labute approximate surface area is 176 Å². The van der Waals surface area contributed by atoms with E-state index in [4.69, 9.17) is 11.6 Å². The number of hydrogen-bond acceptors (Lipinski definition) is 5. The molecular weight excluding hydrogens is 386 g/mol. The second-order valence-electron chi connectivity index (χ2n) is 8.44. The number of rotatable bonds is 5. The molecule has 0 radical (unpaired) electrons. The largest absolute Gasteiger partial charge is 0.355 e. The monoisotopic (exact) mass is 411 g/mol. The molecule has 4 heterocycles. The molecule has 2 unspecified atom stereocenters. The van der Waals surface area contributed by atoms with Crippen molar-refractivity contribution < 1.29 is 4.79 Å². The third kappa shape index (κ3) is 3.96. The molecule has 0 spiro atoms. The lowest BCUT2D eigenvalue weighted by Gasteiger charge is -2.24. The van der Waals surface area contributed by atoms with Gasteiger partial charge in [-0.1, -0.05) is 23.7 Å². The van der Waals surface area contributed by atoms with E-state index in [0.717, 1.165) is 80.8 Å². The van der Waals surface area contributed by atoms with Crippen LogP contribution in [0.1, 0.15) is 12.8 Å². The van der Waals surface area contributed by atoms with Crippen molar-refractivity contribution in [2.24, 2.45) is 11.8 Å². The number of likely N-dealkylation sites (tertiary alicyclic amines) is 2. The number of anilines is 1. The Bertz CT molecular complexity index is 858. The zero-order valence-electron chi connectivity index (χ0n) is 16.5. The third-order valence-electron chi connectivity index (χ3n) is 6.52. The van der Waals surface area contributed by atoms with Crippen LogP contribution in [0.3, 0.4) is 0 Å². The van der Waals surface area contributed by atoms with E-state index in [1.165, 1.54) is 0 Å². The summed E-state index contributed by atoms with van der Waals surface area (Å²) < 4.78 is 0. The highest BCUT2D eigenvalue weighted by Crippen LogP contribution is 2.33. The SMILES string of the molecule is O=C1CCCN1CCN1CC2CN(c3cnc(-c4ccc(Cl)cc4)cn3)CC2C1. The average Bonchev–Trinajstić information content (AvgIpc) is 3.42. The summed E-state index contributed by atoms with van der Waals surface area (Å²) in [6.45, 7) is 7.17. The smallest absolute Gasteiger partial charge is 0.222 e. The fourth-order valence-electron chi connectivity index (χ4n) is 4.92. The molecule has 0 aliphatic carbocycles. The van der Waals surface area contributed by atoms with Gasteiger partial charge in [0.1, 0.15) is 5.82 Å². The van der Waals surface area contributed by atoms with E-state index in [2.05, 4.69) is 19.8 Å². The van der Waals surface area contributed by atoms with Crippen LogP contribution in [0.15, 0.2) is 36.7 Å². The minimum absolute atomic E-state index is 0.330. The van der Waals surface area contributed by atoms with Gasteiger partial charge in [0.15, 0.2) is 0 Å². The summed E-state index contributed by atoms with van der Waals surface area (Å²) in [7, 11) is 0. The minimum Gasteiger partial charge on any atom is -0.355 e. The van der Waals surface area contributed by atoms with Crippen LogP contribution in [-0.4, -0.2) is 71.5 Å². The zero-order chi connectivity index (χ0) is 19.8. The Morgan fingerprint density at radius 1 is 0.966 bits per heavy atom. The number of aromatic nitrogens is 2. The second-order valence-corrected chi connectivity index (χ2v) is 8.87. The first-order valence-corrected chi connectivity index (χ1v) is 10.9. The maximum Gasteiger partial charge on any atom is 0.222 e. The quantitative estimate of drug-likeness (QED) is 0.757. The van der Waals surface area contributed by atoms with Gasteiger partial charge in [-0.3, -0.25) is 9.78 Å². The van der Waals surface area contributed by atoms with Crippen molar-refractivity contribution in [3.63, 3.8) is 0 Å². The van der Waals surface area contributed by atoms with Crippen molar-refractivity contribution in [2.45, 2.75) is 12.8 Å². The summed E-state index contributed by atoms with van der Waals surface area (Å²) in [6, 6.07) is 7.69. The normalized spacial score (nSPS) is 24.5. The summed E-state index contributed by atoms with van der Waals surface area (Å²) >= 11 is 5.96. The van der Waals surface area contributed by atoms with Crippen molar-refractivity contribution >= 4 is 23.3 Å². The molecule has 6 nitrogen and oxygen atoms in total. The predicted molar refractivity (Wildman–Crippen MR) is 114 cm³/mol. The number of benzene rings is 1. The number of fused-ring (bicyclic) bond motifs is 1. The van der Waals surface area contributed by atoms with E-state index >= 15 is 0 Å². The van der Waals surface area contributed by atoms with Gasteiger partial charge < -0.3 is 14.7 Å². The molecule has 29 heavy (non-hydrogen) atoms. The molecule has 5 rings (SSSR count). The van der Waals surface area contributed by atoms with Crippen LogP contribution >= 0.6 is 11.6 Å². The molecule has 2 atom stereocenters. The Hall–Kier alpha value is -2.18. The molecule has 0 N–H and O–H groups in total. The van der Waals surface area contributed by atoms with Gasteiger partial charge >= 0.3 is 0 Å². The van der Waals surface area contributed by atoms with Gasteiger partial charge in [-0.15, -0.1) is 0 Å². The molecule has 0 bridgehead atoms. The minimum atomic E-state index is 0.330. The first kappa shape index (κ1) is 18.8. The van der Waals surface area contributed by atoms with Gasteiger partial charge in [0.25, 0.3) is 0 Å². The molecule has 7 heteroatoms. The molecule has 2 aromatic rings. The lowest BCUT2D eigenvalue weighted by atomic mass is 10.0. The van der Waals surface area contributed by atoms with Gasteiger partial charge in [-0.2, -0.15) is 0 Å².